The van der Waals surface area contributed by atoms with Crippen LogP contribution >= 0.6 is 13.8 Å². The van der Waals surface area contributed by atoms with Gasteiger partial charge in [0.15, 0.2) is 11.6 Å². The molecule has 2 saturated heterocycles. The highest BCUT2D eigenvalue weighted by Gasteiger charge is 2.57. The van der Waals surface area contributed by atoms with Crippen LogP contribution in [0.3, 0.4) is 0 Å². The van der Waals surface area contributed by atoms with E-state index < -0.39 is 55.6 Å². The molecule has 0 spiro atoms. The summed E-state index contributed by atoms with van der Waals surface area (Å²) < 4.78 is 11.6. The normalized spacial score (nSPS) is 15.9. The Kier molecular flexibility index (Phi) is 22.0. The predicted octanol–water partition coefficient (Wildman–Crippen LogP) is 10.2. The molecule has 3 amide bonds. The number of likely N-dealkylation sites (tertiary alicyclic amines) is 2. The fourth-order valence-corrected chi connectivity index (χ4v) is 21.5. The van der Waals surface area contributed by atoms with Crippen LogP contribution in [-0.2, 0) is 28.7 Å². The van der Waals surface area contributed by atoms with Gasteiger partial charge in [-0.2, -0.15) is 0 Å². The molecular weight excluding hydrogens is 1200 g/mol. The molecule has 8 aromatic carbocycles. The van der Waals surface area contributed by atoms with E-state index in [1.807, 2.05) is 210 Å². The molecule has 0 unspecified atom stereocenters. The molecule has 10 rings (SSSR count). The number of Topliss-reactive ketones (excluding diaryl/α,β-unsaturated/α-hetero) is 2. The van der Waals surface area contributed by atoms with Crippen LogP contribution in [0.15, 0.2) is 256 Å². The molecule has 93 heavy (non-hydrogen) atoms. The second-order valence-electron chi connectivity index (χ2n) is 23.2. The number of carbonyl (C=O) groups excluding carboxylic acids is 7. The zero-order valence-electron chi connectivity index (χ0n) is 52.6. The third kappa shape index (κ3) is 13.7. The van der Waals surface area contributed by atoms with Gasteiger partial charge in [-0.25, -0.2) is 14.4 Å². The molecular formula is C77H75N3O11P2. The fourth-order valence-electron chi connectivity index (χ4n) is 12.7. The lowest BCUT2D eigenvalue weighted by Crippen LogP contribution is -2.67. The molecule has 4 atom stereocenters. The van der Waals surface area contributed by atoms with Crippen LogP contribution in [0.4, 0.5) is 0 Å². The molecule has 2 fully saturated rings. The van der Waals surface area contributed by atoms with Gasteiger partial charge in [0.2, 0.25) is 11.8 Å². The standard InChI is InChI=1S/C39H39N2O5P.C38H36NO6P/c1-5-24-46-39(45)38(47(30-18-9-6-10-19-30,31-20-11-7-12-21-31)32-22-13-8-14-23-32)41-33(35(27(2)3)37(41)44)26-34(42)28-16-15-17-29(25-28)36(43)40-4;1-4-23-45-38(44)36(39-32(34(26(2)3)35(39)41)25-33(40)27-15-14-16-28(24-27)37(42)43)46(29-17-8-5-9-18-29,30-19-10-6-11-20-30)31-21-12-7-13-22-31/h5-23,25,27,33,35H,1,24,26H2,2-4H3,(H,40,43);4-22,24,26,32,34H,1,23,25H2,2-3H3,(H,42,43)/t33-,35-;32-,34-/m11/s1. The molecule has 14 nitrogen and oxygen atoms in total. The maximum atomic E-state index is 14.6. The maximum Gasteiger partial charge on any atom is 0.356 e. The molecule has 8 aromatic rings. The van der Waals surface area contributed by atoms with Gasteiger partial charge >= 0.3 is 17.9 Å². The number of carbonyl (C=O) groups is 8. The third-order valence-electron chi connectivity index (χ3n) is 16.9. The lowest BCUT2D eigenvalue weighted by molar-refractivity contribution is -0.153. The lowest BCUT2D eigenvalue weighted by atomic mass is 9.76. The Morgan fingerprint density at radius 2 is 0.731 bits per heavy atom. The first-order chi connectivity index (χ1) is 45.0. The number of ether oxygens (including phenoxy) is 2. The van der Waals surface area contributed by atoms with Crippen molar-refractivity contribution >= 4 is 104 Å². The number of nitrogens with one attached hydrogen (secondary N) is 1. The minimum Gasteiger partial charge on any atom is -0.478 e. The molecule has 474 valence electrons. The number of nitrogens with zero attached hydrogens (tertiary/aromatic N) is 2. The van der Waals surface area contributed by atoms with Crippen molar-refractivity contribution in [3.05, 3.63) is 278 Å². The monoisotopic (exact) mass is 1280 g/mol. The number of amides is 3. The number of hydrogen-bond donors (Lipinski definition) is 2. The van der Waals surface area contributed by atoms with Gasteiger partial charge in [0.05, 0.1) is 29.5 Å². The summed E-state index contributed by atoms with van der Waals surface area (Å²) in [5.74, 6) is -5.06. The Bertz CT molecular complexity index is 3990. The Morgan fingerprint density at radius 1 is 0.452 bits per heavy atom. The molecule has 16 heteroatoms. The number of β-lactam (4-membered cyclic amide) rings is 2. The lowest BCUT2D eigenvalue weighted by Gasteiger charge is -2.51. The quantitative estimate of drug-likeness (QED) is 0.0192. The number of benzene rings is 8. The first-order valence-corrected chi connectivity index (χ1v) is 34.4. The van der Waals surface area contributed by atoms with Crippen LogP contribution in [0, 0.1) is 23.7 Å². The first-order valence-electron chi connectivity index (χ1n) is 30.8. The molecule has 0 radical (unpaired) electrons. The van der Waals surface area contributed by atoms with Crippen molar-refractivity contribution in [3.63, 3.8) is 0 Å². The summed E-state index contributed by atoms with van der Waals surface area (Å²) in [5.41, 5.74) is 1.36. The highest BCUT2D eigenvalue weighted by molar-refractivity contribution is 7.97. The van der Waals surface area contributed by atoms with Crippen LogP contribution in [0.1, 0.15) is 82.0 Å². The van der Waals surface area contributed by atoms with E-state index in [9.17, 15) is 43.5 Å². The van der Waals surface area contributed by atoms with Crippen molar-refractivity contribution in [2.75, 3.05) is 20.3 Å². The number of carboxylic acids is 1. The SMILES string of the molecule is C=CCOC(=O)C(N1C(=O)[C@H](C(C)C)[C@H]1CC(=O)c1cccc(C(=O)NC)c1)=P(c1ccccc1)(c1ccccc1)c1ccccc1.C=CCOC(=O)C(N1C(=O)[C@H](C(C)C)[C@H]1CC(=O)c1cccc(C(=O)O)c1)=P(c1ccccc1)(c1ccccc1)c1ccccc1. The summed E-state index contributed by atoms with van der Waals surface area (Å²) in [6.45, 7) is 8.86. The molecule has 2 N–H and O–H groups in total. The third-order valence-corrected chi connectivity index (χ3v) is 25.4. The van der Waals surface area contributed by atoms with Crippen molar-refractivity contribution in [1.82, 2.24) is 15.1 Å². The average Bonchev–Trinajstić information content (AvgIpc) is 0.712. The van der Waals surface area contributed by atoms with E-state index in [0.717, 1.165) is 31.8 Å². The highest BCUT2D eigenvalue weighted by atomic mass is 31.2. The Morgan fingerprint density at radius 3 is 1.00 bits per heavy atom. The van der Waals surface area contributed by atoms with Crippen LogP contribution in [-0.4, -0.2) is 105 Å². The number of aromatic carboxylic acids is 1. The van der Waals surface area contributed by atoms with E-state index >= 15 is 0 Å². The molecule has 0 saturated carbocycles. The largest absolute Gasteiger partial charge is 0.478 e. The number of ketones is 2. The number of rotatable bonds is 24. The minimum absolute atomic E-state index is 0.00442. The van der Waals surface area contributed by atoms with E-state index in [-0.39, 0.29) is 89.1 Å². The van der Waals surface area contributed by atoms with Gasteiger partial charge in [0, 0.05) is 50.4 Å². The van der Waals surface area contributed by atoms with E-state index in [2.05, 4.69) is 18.5 Å². The summed E-state index contributed by atoms with van der Waals surface area (Å²) in [4.78, 5) is 113. The number of esters is 2. The van der Waals surface area contributed by atoms with E-state index in [4.69, 9.17) is 9.47 Å². The van der Waals surface area contributed by atoms with Crippen LogP contribution in [0.25, 0.3) is 0 Å². The molecule has 2 aliphatic rings. The van der Waals surface area contributed by atoms with Gasteiger partial charge < -0.3 is 29.7 Å². The van der Waals surface area contributed by atoms with Crippen LogP contribution < -0.4 is 37.1 Å². The first kappa shape index (κ1) is 67.4. The van der Waals surface area contributed by atoms with E-state index in [0.29, 0.717) is 11.1 Å². The van der Waals surface area contributed by atoms with Gasteiger partial charge in [0.25, 0.3) is 5.91 Å². The van der Waals surface area contributed by atoms with Gasteiger partial charge in [-0.15, -0.1) is 0 Å². The molecule has 0 aliphatic carbocycles. The zero-order valence-corrected chi connectivity index (χ0v) is 54.4. The van der Waals surface area contributed by atoms with Gasteiger partial charge in [-0.3, -0.25) is 24.0 Å². The summed E-state index contributed by atoms with van der Waals surface area (Å²) in [7, 11) is 1.53. The van der Waals surface area contributed by atoms with Gasteiger partial charge in [-0.05, 0) is 67.9 Å². The summed E-state index contributed by atoms with van der Waals surface area (Å²) in [5, 5.41) is 17.2. The van der Waals surface area contributed by atoms with Crippen LogP contribution in [0.5, 0.6) is 0 Å². The molecule has 2 heterocycles. The van der Waals surface area contributed by atoms with Crippen molar-refractivity contribution in [3.8, 4) is 0 Å². The van der Waals surface area contributed by atoms with Crippen molar-refractivity contribution in [1.29, 1.82) is 0 Å². The predicted molar refractivity (Wildman–Crippen MR) is 372 cm³/mol. The molecule has 2 aliphatic heterocycles. The number of hydrogen-bond acceptors (Lipinski definition) is 10. The second-order valence-corrected chi connectivity index (χ2v) is 29.8. The smallest absolute Gasteiger partial charge is 0.356 e. The highest BCUT2D eigenvalue weighted by Crippen LogP contribution is 2.52. The molecule has 0 bridgehead atoms. The summed E-state index contributed by atoms with van der Waals surface area (Å²) in [6.07, 6.45) is 2.84. The summed E-state index contributed by atoms with van der Waals surface area (Å²) >= 11 is 0. The number of carboxylic acid groups (broad SMARTS) is 1. The topological polar surface area (TPSA) is 194 Å². The maximum absolute atomic E-state index is 14.6. The molecule has 0 aromatic heterocycles. The van der Waals surface area contributed by atoms with Gasteiger partial charge in [-0.1, -0.05) is 259 Å². The van der Waals surface area contributed by atoms with Crippen molar-refractivity contribution < 1.29 is 52.9 Å². The zero-order chi connectivity index (χ0) is 66.4. The van der Waals surface area contributed by atoms with Crippen LogP contribution in [0.2, 0.25) is 0 Å². The van der Waals surface area contributed by atoms with E-state index in [1.54, 1.807) is 35.2 Å². The summed E-state index contributed by atoms with van der Waals surface area (Å²) in [6, 6.07) is 69.4. The van der Waals surface area contributed by atoms with Gasteiger partial charge in [0.1, 0.15) is 24.0 Å². The van der Waals surface area contributed by atoms with Crippen molar-refractivity contribution in [2.45, 2.75) is 52.6 Å². The Balaban J connectivity index is 0.000000219. The minimum atomic E-state index is -3.12. The van der Waals surface area contributed by atoms with E-state index in [1.165, 1.54) is 42.3 Å². The fraction of sp³-hybridized carbons (Fsp3) is 0.195. The Labute approximate surface area is 543 Å². The average molecular weight is 1280 g/mol. The Hall–Kier alpha value is -10.0. The van der Waals surface area contributed by atoms with Crippen molar-refractivity contribution in [2.24, 2.45) is 23.7 Å². The second kappa shape index (κ2) is 30.4.